The van der Waals surface area contributed by atoms with Gasteiger partial charge in [0, 0.05) is 43.5 Å². The summed E-state index contributed by atoms with van der Waals surface area (Å²) in [6, 6.07) is 14.0. The fourth-order valence-electron chi connectivity index (χ4n) is 4.28. The molecule has 0 unspecified atom stereocenters. The predicted molar refractivity (Wildman–Crippen MR) is 125 cm³/mol. The van der Waals surface area contributed by atoms with Gasteiger partial charge in [-0.3, -0.25) is 4.79 Å². The zero-order valence-electron chi connectivity index (χ0n) is 19.1. The summed E-state index contributed by atoms with van der Waals surface area (Å²) in [6.07, 6.45) is 0. The van der Waals surface area contributed by atoms with Crippen LogP contribution in [0.25, 0.3) is 5.69 Å². The number of carbonyl (C=O) groups is 1. The first-order valence-corrected chi connectivity index (χ1v) is 12.6. The number of benzene rings is 2. The summed E-state index contributed by atoms with van der Waals surface area (Å²) in [7, 11) is -3.70. The van der Waals surface area contributed by atoms with Gasteiger partial charge in [-0.25, -0.2) is 13.1 Å². The van der Waals surface area contributed by atoms with E-state index in [-0.39, 0.29) is 23.9 Å². The Balaban J connectivity index is 1.25. The Morgan fingerprint density at radius 1 is 0.882 bits per heavy atom. The molecule has 5 rings (SSSR count). The van der Waals surface area contributed by atoms with Gasteiger partial charge in [0.25, 0.3) is 5.91 Å². The fourth-order valence-corrected chi connectivity index (χ4v) is 5.72. The number of amides is 1. The van der Waals surface area contributed by atoms with Gasteiger partial charge in [0.2, 0.25) is 10.0 Å². The van der Waals surface area contributed by atoms with Crippen molar-refractivity contribution in [2.75, 3.05) is 39.4 Å². The molecule has 10 heteroatoms. The third-order valence-corrected chi connectivity index (χ3v) is 7.94. The SMILES string of the molecule is Cc1cc(C)n(-c2ccc(C(=O)N3CCN(S(=O)(=O)c4ccc5c(c4)OCCO5)CC3)cc2)n1. The maximum atomic E-state index is 13.1. The minimum atomic E-state index is -3.70. The number of fused-ring (bicyclic) bond motifs is 1. The highest BCUT2D eigenvalue weighted by Gasteiger charge is 2.31. The van der Waals surface area contributed by atoms with Crippen LogP contribution in [0.5, 0.6) is 11.5 Å². The van der Waals surface area contributed by atoms with E-state index < -0.39 is 10.0 Å². The molecule has 3 aromatic rings. The van der Waals surface area contributed by atoms with Crippen LogP contribution in [0.4, 0.5) is 0 Å². The van der Waals surface area contributed by atoms with Gasteiger partial charge in [0.15, 0.2) is 11.5 Å². The molecule has 1 aromatic heterocycles. The molecule has 9 nitrogen and oxygen atoms in total. The highest BCUT2D eigenvalue weighted by atomic mass is 32.2. The standard InChI is InChI=1S/C24H26N4O5S/c1-17-15-18(2)28(25-17)20-5-3-19(4-6-20)24(29)26-9-11-27(12-10-26)34(30,31)21-7-8-22-23(16-21)33-14-13-32-22/h3-8,15-16H,9-14H2,1-2H3. The van der Waals surface area contributed by atoms with E-state index >= 15 is 0 Å². The number of sulfonamides is 1. The summed E-state index contributed by atoms with van der Waals surface area (Å²) in [5, 5.41) is 4.47. The van der Waals surface area contributed by atoms with E-state index in [1.54, 1.807) is 23.1 Å². The molecule has 1 saturated heterocycles. The lowest BCUT2D eigenvalue weighted by molar-refractivity contribution is 0.0698. The summed E-state index contributed by atoms with van der Waals surface area (Å²) in [6.45, 7) is 5.86. The molecule has 2 aliphatic heterocycles. The number of carbonyl (C=O) groups excluding carboxylic acids is 1. The molecule has 0 spiro atoms. The summed E-state index contributed by atoms with van der Waals surface area (Å²) in [4.78, 5) is 14.9. The third kappa shape index (κ3) is 4.14. The van der Waals surface area contributed by atoms with Crippen molar-refractivity contribution < 1.29 is 22.7 Å². The molecule has 34 heavy (non-hydrogen) atoms. The smallest absolute Gasteiger partial charge is 0.253 e. The van der Waals surface area contributed by atoms with Crippen molar-refractivity contribution in [1.29, 1.82) is 0 Å². The molecule has 0 N–H and O–H groups in total. The largest absolute Gasteiger partial charge is 0.486 e. The van der Waals surface area contributed by atoms with Crippen molar-refractivity contribution in [3.8, 4) is 17.2 Å². The Morgan fingerprint density at radius 3 is 2.21 bits per heavy atom. The average molecular weight is 483 g/mol. The fraction of sp³-hybridized carbons (Fsp3) is 0.333. The molecule has 0 atom stereocenters. The lowest BCUT2D eigenvalue weighted by Crippen LogP contribution is -2.50. The first-order valence-electron chi connectivity index (χ1n) is 11.2. The third-order valence-electron chi connectivity index (χ3n) is 6.05. The van der Waals surface area contributed by atoms with E-state index in [4.69, 9.17) is 9.47 Å². The van der Waals surface area contributed by atoms with Gasteiger partial charge in [0.05, 0.1) is 16.3 Å². The number of nitrogens with zero attached hydrogens (tertiary/aromatic N) is 4. The monoisotopic (exact) mass is 482 g/mol. The van der Waals surface area contributed by atoms with Crippen molar-refractivity contribution in [2.24, 2.45) is 0 Å². The quantitative estimate of drug-likeness (QED) is 0.567. The molecule has 178 valence electrons. The number of piperazine rings is 1. The molecular formula is C24H26N4O5S. The number of hydrogen-bond acceptors (Lipinski definition) is 6. The molecule has 0 bridgehead atoms. The summed E-state index contributed by atoms with van der Waals surface area (Å²) < 4.78 is 40.5. The van der Waals surface area contributed by atoms with E-state index in [1.807, 2.05) is 36.7 Å². The average Bonchev–Trinajstić information content (AvgIpc) is 3.21. The van der Waals surface area contributed by atoms with Crippen LogP contribution in [0.3, 0.4) is 0 Å². The molecule has 0 radical (unpaired) electrons. The van der Waals surface area contributed by atoms with Crippen LogP contribution in [0, 0.1) is 13.8 Å². The van der Waals surface area contributed by atoms with Crippen LogP contribution < -0.4 is 9.47 Å². The number of hydrogen-bond donors (Lipinski definition) is 0. The molecule has 1 fully saturated rings. The van der Waals surface area contributed by atoms with Gasteiger partial charge in [-0.05, 0) is 56.3 Å². The lowest BCUT2D eigenvalue weighted by Gasteiger charge is -2.34. The number of ether oxygens (including phenoxy) is 2. The molecule has 2 aliphatic rings. The lowest BCUT2D eigenvalue weighted by atomic mass is 10.1. The molecule has 0 aliphatic carbocycles. The Labute approximate surface area is 198 Å². The van der Waals surface area contributed by atoms with Crippen molar-refractivity contribution in [1.82, 2.24) is 19.0 Å². The molecule has 3 heterocycles. The minimum absolute atomic E-state index is 0.115. The van der Waals surface area contributed by atoms with E-state index in [9.17, 15) is 13.2 Å². The van der Waals surface area contributed by atoms with Crippen LogP contribution in [0.1, 0.15) is 21.7 Å². The summed E-state index contributed by atoms with van der Waals surface area (Å²) in [5.41, 5.74) is 3.40. The van der Waals surface area contributed by atoms with Gasteiger partial charge < -0.3 is 14.4 Å². The Morgan fingerprint density at radius 2 is 1.56 bits per heavy atom. The van der Waals surface area contributed by atoms with Crippen LogP contribution >= 0.6 is 0 Å². The van der Waals surface area contributed by atoms with Crippen molar-refractivity contribution >= 4 is 15.9 Å². The Bertz CT molecular complexity index is 1330. The topological polar surface area (TPSA) is 94.0 Å². The van der Waals surface area contributed by atoms with Gasteiger partial charge >= 0.3 is 0 Å². The number of aromatic nitrogens is 2. The van der Waals surface area contributed by atoms with Gasteiger partial charge in [-0.2, -0.15) is 9.40 Å². The Hall–Kier alpha value is -3.37. The minimum Gasteiger partial charge on any atom is -0.486 e. The van der Waals surface area contributed by atoms with Gasteiger partial charge in [-0.1, -0.05) is 0 Å². The van der Waals surface area contributed by atoms with Gasteiger partial charge in [-0.15, -0.1) is 0 Å². The zero-order chi connectivity index (χ0) is 23.9. The molecule has 0 saturated carbocycles. The second kappa shape index (κ2) is 8.77. The van der Waals surface area contributed by atoms with Crippen LogP contribution in [-0.4, -0.2) is 72.7 Å². The highest BCUT2D eigenvalue weighted by Crippen LogP contribution is 2.33. The molecular weight excluding hydrogens is 456 g/mol. The van der Waals surface area contributed by atoms with Crippen molar-refractivity contribution in [2.45, 2.75) is 18.7 Å². The van der Waals surface area contributed by atoms with Crippen LogP contribution in [0.15, 0.2) is 53.4 Å². The van der Waals surface area contributed by atoms with Gasteiger partial charge in [0.1, 0.15) is 13.2 Å². The van der Waals surface area contributed by atoms with E-state index in [0.29, 0.717) is 43.4 Å². The maximum absolute atomic E-state index is 13.1. The van der Waals surface area contributed by atoms with E-state index in [0.717, 1.165) is 17.1 Å². The highest BCUT2D eigenvalue weighted by molar-refractivity contribution is 7.89. The summed E-state index contributed by atoms with van der Waals surface area (Å²) >= 11 is 0. The first-order chi connectivity index (χ1) is 16.3. The predicted octanol–water partition coefficient (Wildman–Crippen LogP) is 2.41. The van der Waals surface area contributed by atoms with Crippen LogP contribution in [-0.2, 0) is 10.0 Å². The van der Waals surface area contributed by atoms with E-state index in [2.05, 4.69) is 5.10 Å². The normalized spacial score (nSPS) is 16.5. The molecule has 2 aromatic carbocycles. The first kappa shape index (κ1) is 22.4. The summed E-state index contributed by atoms with van der Waals surface area (Å²) in [5.74, 6) is 0.867. The number of rotatable bonds is 4. The second-order valence-electron chi connectivity index (χ2n) is 8.39. The van der Waals surface area contributed by atoms with Crippen molar-refractivity contribution in [3.05, 3.63) is 65.5 Å². The van der Waals surface area contributed by atoms with Crippen molar-refractivity contribution in [3.63, 3.8) is 0 Å². The second-order valence-corrected chi connectivity index (χ2v) is 10.3. The van der Waals surface area contributed by atoms with Crippen LogP contribution in [0.2, 0.25) is 0 Å². The Kier molecular flexibility index (Phi) is 5.78. The molecule has 1 amide bonds. The number of aryl methyl sites for hydroxylation is 2. The maximum Gasteiger partial charge on any atom is 0.253 e. The zero-order valence-corrected chi connectivity index (χ0v) is 19.9. The van der Waals surface area contributed by atoms with E-state index in [1.165, 1.54) is 16.4 Å².